The maximum Gasteiger partial charge on any atom is 0.246 e. The van der Waals surface area contributed by atoms with Gasteiger partial charge in [0.15, 0.2) is 5.75 Å². The summed E-state index contributed by atoms with van der Waals surface area (Å²) in [5, 5.41) is 0.410. The molecule has 1 amide bonds. The summed E-state index contributed by atoms with van der Waals surface area (Å²) in [5.74, 6) is 2.51. The van der Waals surface area contributed by atoms with Crippen LogP contribution < -0.4 is 14.2 Å². The Morgan fingerprint density at radius 1 is 0.889 bits per heavy atom. The molecule has 1 aliphatic heterocycles. The summed E-state index contributed by atoms with van der Waals surface area (Å²) in [5.41, 5.74) is 6.77. The van der Waals surface area contributed by atoms with Crippen molar-refractivity contribution in [2.75, 3.05) is 32.8 Å². The standard InChI is InChI=1S/C45H47ClFN3O4/c1-31(2)37-13-15-39(16-14-37)52-25-20-34-8-10-35(11-9-34)29-49-21-23-50(24-22-49)44(51)19-12-36-26-32(3)45(41(46)27-36)54-43-18-17-40(28-48-43)53-30-38-6-5-7-42(47)33(38)4/h5-19,26-28,31H,20-25,29-30H2,1-4H3/b19-12+. The first-order chi connectivity index (χ1) is 26.1. The second-order valence-electron chi connectivity index (χ2n) is 14.0. The number of pyridine rings is 1. The molecule has 4 aromatic carbocycles. The highest BCUT2D eigenvalue weighted by Gasteiger charge is 2.20. The van der Waals surface area contributed by atoms with E-state index in [4.69, 9.17) is 25.8 Å². The molecule has 1 fully saturated rings. The number of aryl methyl sites for hydroxylation is 1. The number of benzene rings is 4. The van der Waals surface area contributed by atoms with Crippen molar-refractivity contribution >= 4 is 23.6 Å². The minimum absolute atomic E-state index is 0.0229. The van der Waals surface area contributed by atoms with Crippen molar-refractivity contribution in [3.05, 3.63) is 153 Å². The maximum atomic E-state index is 13.8. The highest BCUT2D eigenvalue weighted by atomic mass is 35.5. The van der Waals surface area contributed by atoms with Crippen LogP contribution in [0.5, 0.6) is 23.1 Å². The van der Waals surface area contributed by atoms with Crippen molar-refractivity contribution in [3.63, 3.8) is 0 Å². The molecule has 0 unspecified atom stereocenters. The summed E-state index contributed by atoms with van der Waals surface area (Å²) in [6.45, 7) is 12.7. The fourth-order valence-electron chi connectivity index (χ4n) is 6.27. The number of nitrogens with zero attached hydrogens (tertiary/aromatic N) is 3. The topological polar surface area (TPSA) is 64.1 Å². The van der Waals surface area contributed by atoms with Crippen molar-refractivity contribution in [1.82, 2.24) is 14.8 Å². The minimum Gasteiger partial charge on any atom is -0.493 e. The van der Waals surface area contributed by atoms with Gasteiger partial charge in [0, 0.05) is 51.3 Å². The minimum atomic E-state index is -0.261. The molecule has 0 saturated carbocycles. The molecule has 0 N–H and O–H groups in total. The Morgan fingerprint density at radius 2 is 1.61 bits per heavy atom. The summed E-state index contributed by atoms with van der Waals surface area (Å²) in [6, 6.07) is 29.2. The van der Waals surface area contributed by atoms with Crippen LogP contribution in [0.1, 0.15) is 58.7 Å². The van der Waals surface area contributed by atoms with Crippen LogP contribution in [0.3, 0.4) is 0 Å². The molecule has 1 aliphatic rings. The number of aromatic nitrogens is 1. The summed E-state index contributed by atoms with van der Waals surface area (Å²) < 4.78 is 31.6. The van der Waals surface area contributed by atoms with Crippen molar-refractivity contribution in [2.24, 2.45) is 0 Å². The molecule has 9 heteroatoms. The lowest BCUT2D eigenvalue weighted by Crippen LogP contribution is -2.47. The van der Waals surface area contributed by atoms with Gasteiger partial charge in [-0.1, -0.05) is 74.0 Å². The van der Waals surface area contributed by atoms with E-state index in [-0.39, 0.29) is 18.3 Å². The summed E-state index contributed by atoms with van der Waals surface area (Å²) in [4.78, 5) is 21.7. The largest absolute Gasteiger partial charge is 0.493 e. The zero-order valence-electron chi connectivity index (χ0n) is 31.4. The van der Waals surface area contributed by atoms with Gasteiger partial charge in [-0.05, 0) is 101 Å². The van der Waals surface area contributed by atoms with E-state index in [1.807, 2.05) is 36.1 Å². The number of ether oxygens (including phenoxy) is 3. The number of carbonyl (C=O) groups is 1. The van der Waals surface area contributed by atoms with Crippen LogP contribution >= 0.6 is 11.6 Å². The molecule has 54 heavy (non-hydrogen) atoms. The molecule has 0 atom stereocenters. The monoisotopic (exact) mass is 747 g/mol. The van der Waals surface area contributed by atoms with Gasteiger partial charge < -0.3 is 19.1 Å². The van der Waals surface area contributed by atoms with Gasteiger partial charge in [0.25, 0.3) is 0 Å². The molecule has 1 saturated heterocycles. The molecule has 280 valence electrons. The molecule has 0 aliphatic carbocycles. The summed E-state index contributed by atoms with van der Waals surface area (Å²) in [6.07, 6.45) is 5.81. The number of hydrogen-bond donors (Lipinski definition) is 0. The molecule has 2 heterocycles. The van der Waals surface area contributed by atoms with Gasteiger partial charge in [-0.25, -0.2) is 9.37 Å². The van der Waals surface area contributed by atoms with Gasteiger partial charge in [-0.15, -0.1) is 0 Å². The summed E-state index contributed by atoms with van der Waals surface area (Å²) in [7, 11) is 0. The van der Waals surface area contributed by atoms with E-state index in [1.54, 1.807) is 49.5 Å². The molecular weight excluding hydrogens is 701 g/mol. The normalized spacial score (nSPS) is 13.4. The first kappa shape index (κ1) is 38.5. The Hall–Kier alpha value is -5.18. The predicted molar refractivity (Wildman–Crippen MR) is 213 cm³/mol. The molecule has 0 spiro atoms. The maximum absolute atomic E-state index is 13.8. The Morgan fingerprint density at radius 3 is 2.30 bits per heavy atom. The second kappa shape index (κ2) is 18.2. The number of amides is 1. The highest BCUT2D eigenvalue weighted by Crippen LogP contribution is 2.34. The number of halogens is 2. The van der Waals surface area contributed by atoms with Gasteiger partial charge >= 0.3 is 0 Å². The van der Waals surface area contributed by atoms with Crippen LogP contribution in [0.2, 0.25) is 5.02 Å². The molecule has 5 aromatic rings. The van der Waals surface area contributed by atoms with Gasteiger partial charge in [-0.3, -0.25) is 9.69 Å². The van der Waals surface area contributed by atoms with Gasteiger partial charge in [0.05, 0.1) is 17.8 Å². The van der Waals surface area contributed by atoms with E-state index in [0.717, 1.165) is 48.5 Å². The Balaban J connectivity index is 0.927. The number of piperazine rings is 1. The zero-order valence-corrected chi connectivity index (χ0v) is 32.1. The molecule has 0 bridgehead atoms. The number of carbonyl (C=O) groups excluding carboxylic acids is 1. The second-order valence-corrected chi connectivity index (χ2v) is 14.4. The van der Waals surface area contributed by atoms with Crippen LogP contribution in [-0.4, -0.2) is 53.5 Å². The van der Waals surface area contributed by atoms with E-state index in [1.165, 1.54) is 22.8 Å². The smallest absolute Gasteiger partial charge is 0.246 e. The van der Waals surface area contributed by atoms with E-state index >= 15 is 0 Å². The Kier molecular flexibility index (Phi) is 13.0. The average molecular weight is 748 g/mol. The lowest BCUT2D eigenvalue weighted by atomic mass is 10.0. The van der Waals surface area contributed by atoms with E-state index in [0.29, 0.717) is 53.6 Å². The highest BCUT2D eigenvalue weighted by molar-refractivity contribution is 6.32. The number of hydrogen-bond acceptors (Lipinski definition) is 6. The average Bonchev–Trinajstić information content (AvgIpc) is 3.17. The van der Waals surface area contributed by atoms with Gasteiger partial charge in [-0.2, -0.15) is 0 Å². The molecule has 7 nitrogen and oxygen atoms in total. The van der Waals surface area contributed by atoms with Crippen molar-refractivity contribution in [3.8, 4) is 23.1 Å². The Labute approximate surface area is 323 Å². The van der Waals surface area contributed by atoms with E-state index in [9.17, 15) is 9.18 Å². The third-order valence-corrected chi connectivity index (χ3v) is 9.96. The lowest BCUT2D eigenvalue weighted by Gasteiger charge is -2.34. The van der Waals surface area contributed by atoms with E-state index in [2.05, 4.69) is 60.1 Å². The third kappa shape index (κ3) is 10.5. The third-order valence-electron chi connectivity index (χ3n) is 9.68. The fraction of sp³-hybridized carbons (Fsp3) is 0.289. The SMILES string of the molecule is Cc1cc(/C=C/C(=O)N2CCN(Cc3ccc(CCOc4ccc(C(C)C)cc4)cc3)CC2)cc(Cl)c1Oc1ccc(OCc2cccc(F)c2C)cn1. The van der Waals surface area contributed by atoms with Crippen LogP contribution in [-0.2, 0) is 24.4 Å². The van der Waals surface area contributed by atoms with Crippen molar-refractivity contribution in [1.29, 1.82) is 0 Å². The van der Waals surface area contributed by atoms with Crippen LogP contribution in [0.25, 0.3) is 6.08 Å². The van der Waals surface area contributed by atoms with Gasteiger partial charge in [0.1, 0.15) is 23.9 Å². The molecule has 0 radical (unpaired) electrons. The first-order valence-electron chi connectivity index (χ1n) is 18.4. The lowest BCUT2D eigenvalue weighted by molar-refractivity contribution is -0.127. The zero-order chi connectivity index (χ0) is 38.0. The van der Waals surface area contributed by atoms with Crippen LogP contribution in [0, 0.1) is 19.7 Å². The van der Waals surface area contributed by atoms with E-state index < -0.39 is 0 Å². The summed E-state index contributed by atoms with van der Waals surface area (Å²) >= 11 is 6.63. The fourth-order valence-corrected chi connectivity index (χ4v) is 6.59. The molecule has 1 aromatic heterocycles. The molecule has 6 rings (SSSR count). The quantitative estimate of drug-likeness (QED) is 0.105. The van der Waals surface area contributed by atoms with Crippen LogP contribution in [0.4, 0.5) is 4.39 Å². The predicted octanol–water partition coefficient (Wildman–Crippen LogP) is 9.96. The molecular formula is C45H47ClFN3O4. The van der Waals surface area contributed by atoms with Crippen molar-refractivity contribution < 1.29 is 23.4 Å². The Bertz CT molecular complexity index is 2020. The number of rotatable bonds is 14. The van der Waals surface area contributed by atoms with Crippen molar-refractivity contribution in [2.45, 2.75) is 53.2 Å². The van der Waals surface area contributed by atoms with Crippen LogP contribution in [0.15, 0.2) is 103 Å². The van der Waals surface area contributed by atoms with Gasteiger partial charge in [0.2, 0.25) is 11.8 Å². The first-order valence-corrected chi connectivity index (χ1v) is 18.8.